The van der Waals surface area contributed by atoms with E-state index >= 15 is 0 Å². The first-order valence-electron chi connectivity index (χ1n) is 5.66. The molecule has 1 aromatic rings. The van der Waals surface area contributed by atoms with E-state index in [1.165, 1.54) is 18.2 Å². The average Bonchev–Trinajstić information content (AvgIpc) is 2.70. The number of hydrogen-bond acceptors (Lipinski definition) is 3. The Morgan fingerprint density at radius 3 is 2.53 bits per heavy atom. The molecular formula is C12H16F2N2O. The highest BCUT2D eigenvalue weighted by Gasteiger charge is 2.35. The Hall–Kier alpha value is -1.04. The van der Waals surface area contributed by atoms with Crippen LogP contribution in [0.1, 0.15) is 24.9 Å². The minimum absolute atomic E-state index is 0.00245. The number of hydrazine groups is 1. The molecule has 0 spiro atoms. The molecule has 0 radical (unpaired) electrons. The van der Waals surface area contributed by atoms with Crippen LogP contribution in [-0.4, -0.2) is 12.7 Å². The molecular weight excluding hydrogens is 226 g/mol. The molecule has 1 aliphatic heterocycles. The van der Waals surface area contributed by atoms with E-state index < -0.39 is 17.7 Å². The lowest BCUT2D eigenvalue weighted by molar-refractivity contribution is 0.0945. The van der Waals surface area contributed by atoms with E-state index in [9.17, 15) is 8.78 Å². The van der Waals surface area contributed by atoms with E-state index in [0.717, 1.165) is 6.42 Å². The monoisotopic (exact) mass is 242 g/mol. The van der Waals surface area contributed by atoms with E-state index in [1.54, 1.807) is 0 Å². The number of benzene rings is 1. The summed E-state index contributed by atoms with van der Waals surface area (Å²) in [4.78, 5) is 0. The molecule has 1 saturated heterocycles. The Kier molecular flexibility index (Phi) is 3.71. The highest BCUT2D eigenvalue weighted by molar-refractivity contribution is 5.24. The fourth-order valence-electron chi connectivity index (χ4n) is 2.41. The Morgan fingerprint density at radius 1 is 1.41 bits per heavy atom. The molecule has 1 aliphatic rings. The number of nitrogens with one attached hydrogen (secondary N) is 1. The predicted octanol–water partition coefficient (Wildman–Crippen LogP) is 1.89. The van der Waals surface area contributed by atoms with Crippen molar-refractivity contribution in [2.45, 2.75) is 25.5 Å². The fraction of sp³-hybridized carbons (Fsp3) is 0.500. The average molecular weight is 242 g/mol. The second-order valence-corrected chi connectivity index (χ2v) is 4.31. The van der Waals surface area contributed by atoms with Crippen molar-refractivity contribution < 1.29 is 13.5 Å². The van der Waals surface area contributed by atoms with Crippen LogP contribution in [-0.2, 0) is 4.74 Å². The summed E-state index contributed by atoms with van der Waals surface area (Å²) in [6.45, 7) is 2.49. The van der Waals surface area contributed by atoms with Gasteiger partial charge in [0.25, 0.3) is 0 Å². The zero-order valence-electron chi connectivity index (χ0n) is 9.62. The molecule has 1 fully saturated rings. The summed E-state index contributed by atoms with van der Waals surface area (Å²) in [5.41, 5.74) is 2.51. The molecule has 17 heavy (non-hydrogen) atoms. The molecule has 94 valence electrons. The highest BCUT2D eigenvalue weighted by Crippen LogP contribution is 2.34. The summed E-state index contributed by atoms with van der Waals surface area (Å²) < 4.78 is 32.8. The third kappa shape index (κ3) is 2.31. The lowest BCUT2D eigenvalue weighted by Gasteiger charge is -2.26. The van der Waals surface area contributed by atoms with Crippen LogP contribution < -0.4 is 11.3 Å². The van der Waals surface area contributed by atoms with Crippen LogP contribution in [0.4, 0.5) is 8.78 Å². The molecule has 0 saturated carbocycles. The molecule has 0 aliphatic carbocycles. The van der Waals surface area contributed by atoms with Crippen LogP contribution in [0, 0.1) is 17.6 Å². The molecule has 2 rings (SSSR count). The molecule has 0 aromatic heterocycles. The smallest absolute Gasteiger partial charge is 0.130 e. The number of hydrogen-bond donors (Lipinski definition) is 2. The molecule has 0 bridgehead atoms. The van der Waals surface area contributed by atoms with Gasteiger partial charge in [-0.05, 0) is 25.5 Å². The maximum atomic E-state index is 13.7. The minimum Gasteiger partial charge on any atom is -0.378 e. The lowest BCUT2D eigenvalue weighted by atomic mass is 9.88. The van der Waals surface area contributed by atoms with Crippen molar-refractivity contribution in [1.82, 2.24) is 5.43 Å². The molecule has 1 heterocycles. The van der Waals surface area contributed by atoms with Crippen molar-refractivity contribution in [3.8, 4) is 0 Å². The van der Waals surface area contributed by atoms with Crippen LogP contribution in [0.15, 0.2) is 18.2 Å². The van der Waals surface area contributed by atoms with Gasteiger partial charge in [0, 0.05) is 18.1 Å². The van der Waals surface area contributed by atoms with Gasteiger partial charge in [-0.2, -0.15) is 0 Å². The molecule has 3 nitrogen and oxygen atoms in total. The number of ether oxygens (including phenoxy) is 1. The normalized spacial score (nSPS) is 26.1. The summed E-state index contributed by atoms with van der Waals surface area (Å²) >= 11 is 0. The van der Waals surface area contributed by atoms with Crippen molar-refractivity contribution in [3.63, 3.8) is 0 Å². The van der Waals surface area contributed by atoms with Gasteiger partial charge in [0.05, 0.1) is 12.1 Å². The van der Waals surface area contributed by atoms with E-state index in [1.807, 2.05) is 6.92 Å². The molecule has 5 heteroatoms. The minimum atomic E-state index is -0.577. The van der Waals surface area contributed by atoms with Gasteiger partial charge in [0.2, 0.25) is 0 Å². The van der Waals surface area contributed by atoms with Gasteiger partial charge in [0.15, 0.2) is 0 Å². The fourth-order valence-corrected chi connectivity index (χ4v) is 2.41. The van der Waals surface area contributed by atoms with Crippen molar-refractivity contribution in [2.75, 3.05) is 6.61 Å². The zero-order valence-corrected chi connectivity index (χ0v) is 9.62. The SMILES string of the molecule is CC1OCCC1C(NN)c1c(F)cccc1F. The topological polar surface area (TPSA) is 47.3 Å². The van der Waals surface area contributed by atoms with Gasteiger partial charge in [-0.15, -0.1) is 0 Å². The van der Waals surface area contributed by atoms with Crippen LogP contribution in [0.5, 0.6) is 0 Å². The number of halogens is 2. The Labute approximate surface area is 98.9 Å². The first-order chi connectivity index (χ1) is 8.15. The van der Waals surface area contributed by atoms with Gasteiger partial charge in [-0.1, -0.05) is 6.07 Å². The number of rotatable bonds is 3. The molecule has 3 N–H and O–H groups in total. The molecule has 3 atom stereocenters. The maximum Gasteiger partial charge on any atom is 0.130 e. The quantitative estimate of drug-likeness (QED) is 0.628. The predicted molar refractivity (Wildman–Crippen MR) is 59.9 cm³/mol. The Morgan fingerprint density at radius 2 is 2.06 bits per heavy atom. The third-order valence-electron chi connectivity index (χ3n) is 3.35. The zero-order chi connectivity index (χ0) is 12.4. The highest BCUT2D eigenvalue weighted by atomic mass is 19.1. The Bertz CT molecular complexity index is 380. The van der Waals surface area contributed by atoms with Crippen LogP contribution in [0.2, 0.25) is 0 Å². The van der Waals surface area contributed by atoms with Crippen LogP contribution >= 0.6 is 0 Å². The second kappa shape index (κ2) is 5.08. The first kappa shape index (κ1) is 12.4. The Balaban J connectivity index is 2.35. The third-order valence-corrected chi connectivity index (χ3v) is 3.35. The summed E-state index contributed by atoms with van der Waals surface area (Å²) in [6.07, 6.45) is 0.680. The van der Waals surface area contributed by atoms with Crippen molar-refractivity contribution in [1.29, 1.82) is 0 Å². The van der Waals surface area contributed by atoms with Crippen molar-refractivity contribution in [2.24, 2.45) is 11.8 Å². The van der Waals surface area contributed by atoms with Gasteiger partial charge >= 0.3 is 0 Å². The van der Waals surface area contributed by atoms with E-state index in [4.69, 9.17) is 10.6 Å². The van der Waals surface area contributed by atoms with Gasteiger partial charge < -0.3 is 4.74 Å². The van der Waals surface area contributed by atoms with Gasteiger partial charge in [-0.3, -0.25) is 11.3 Å². The van der Waals surface area contributed by atoms with Crippen molar-refractivity contribution in [3.05, 3.63) is 35.4 Å². The van der Waals surface area contributed by atoms with E-state index in [0.29, 0.717) is 6.61 Å². The van der Waals surface area contributed by atoms with Crippen molar-refractivity contribution >= 4 is 0 Å². The molecule has 1 aromatic carbocycles. The standard InChI is InChI=1S/C12H16F2N2O/c1-7-8(5-6-17-7)12(16-15)11-9(13)3-2-4-10(11)14/h2-4,7-8,12,16H,5-6,15H2,1H3. The summed E-state index contributed by atoms with van der Waals surface area (Å²) in [7, 11) is 0. The van der Waals surface area contributed by atoms with E-state index in [-0.39, 0.29) is 17.6 Å². The van der Waals surface area contributed by atoms with Gasteiger partial charge in [-0.25, -0.2) is 8.78 Å². The van der Waals surface area contributed by atoms with Crippen LogP contribution in [0.25, 0.3) is 0 Å². The largest absolute Gasteiger partial charge is 0.378 e. The maximum absolute atomic E-state index is 13.7. The van der Waals surface area contributed by atoms with Crippen LogP contribution in [0.3, 0.4) is 0 Å². The number of nitrogens with two attached hydrogens (primary N) is 1. The van der Waals surface area contributed by atoms with E-state index in [2.05, 4.69) is 5.43 Å². The second-order valence-electron chi connectivity index (χ2n) is 4.31. The lowest BCUT2D eigenvalue weighted by Crippen LogP contribution is -2.37. The molecule has 0 amide bonds. The summed E-state index contributed by atoms with van der Waals surface area (Å²) in [5.74, 6) is 4.27. The first-order valence-corrected chi connectivity index (χ1v) is 5.66. The summed E-state index contributed by atoms with van der Waals surface area (Å²) in [5, 5.41) is 0. The summed E-state index contributed by atoms with van der Waals surface area (Å²) in [6, 6.07) is 3.26. The molecule has 3 unspecified atom stereocenters. The van der Waals surface area contributed by atoms with Gasteiger partial charge in [0.1, 0.15) is 11.6 Å².